The van der Waals surface area contributed by atoms with E-state index in [2.05, 4.69) is 5.32 Å². The molecule has 8 nitrogen and oxygen atoms in total. The molecule has 144 valence electrons. The van der Waals surface area contributed by atoms with Crippen LogP contribution in [0.25, 0.3) is 5.57 Å². The zero-order chi connectivity index (χ0) is 19.4. The summed E-state index contributed by atoms with van der Waals surface area (Å²) in [6, 6.07) is 7.35. The Bertz CT molecular complexity index is 759. The fourth-order valence-electron chi connectivity index (χ4n) is 3.28. The molecule has 2 aliphatic rings. The second kappa shape index (κ2) is 8.22. The van der Waals surface area contributed by atoms with Crippen LogP contribution in [0, 0.1) is 0 Å². The maximum Gasteiger partial charge on any atom is 0.414 e. The molecule has 0 spiro atoms. The fraction of sp³-hybridized carbons (Fsp3) is 0.421. The summed E-state index contributed by atoms with van der Waals surface area (Å²) in [5, 5.41) is 11.7. The standard InChI is InChI=1S/C19H23N3O5/c1-13(24)20-10-17-12-27-19(26)22(17)16-4-2-14(3-5-16)15-6-8-21(9-7-15)18(25)11-23/h2-6,17,23H,7-12H2,1H3,(H,20,24). The molecule has 0 radical (unpaired) electrons. The molecule has 1 unspecified atom stereocenters. The van der Waals surface area contributed by atoms with Gasteiger partial charge in [-0.2, -0.15) is 0 Å². The van der Waals surface area contributed by atoms with Gasteiger partial charge in [0, 0.05) is 32.2 Å². The first kappa shape index (κ1) is 18.9. The van der Waals surface area contributed by atoms with Crippen molar-refractivity contribution < 1.29 is 24.2 Å². The first-order valence-corrected chi connectivity index (χ1v) is 8.88. The van der Waals surface area contributed by atoms with Crippen LogP contribution in [0.1, 0.15) is 18.9 Å². The van der Waals surface area contributed by atoms with Crippen molar-refractivity contribution in [3.8, 4) is 0 Å². The molecule has 3 rings (SSSR count). The molecule has 0 saturated carbocycles. The maximum atomic E-state index is 12.1. The van der Waals surface area contributed by atoms with E-state index in [0.717, 1.165) is 11.1 Å². The van der Waals surface area contributed by atoms with Gasteiger partial charge in [0.2, 0.25) is 11.8 Å². The quantitative estimate of drug-likeness (QED) is 0.794. The van der Waals surface area contributed by atoms with Gasteiger partial charge < -0.3 is 20.1 Å². The van der Waals surface area contributed by atoms with E-state index in [4.69, 9.17) is 9.84 Å². The highest BCUT2D eigenvalue weighted by Crippen LogP contribution is 2.27. The van der Waals surface area contributed by atoms with Gasteiger partial charge in [0.1, 0.15) is 13.2 Å². The number of rotatable bonds is 5. The van der Waals surface area contributed by atoms with Gasteiger partial charge in [0.25, 0.3) is 0 Å². The molecule has 8 heteroatoms. The number of hydrogen-bond acceptors (Lipinski definition) is 5. The molecule has 0 aromatic heterocycles. The number of ether oxygens (including phenoxy) is 1. The van der Waals surface area contributed by atoms with Gasteiger partial charge in [0.15, 0.2) is 0 Å². The monoisotopic (exact) mass is 373 g/mol. The Balaban J connectivity index is 1.69. The maximum absolute atomic E-state index is 12.1. The van der Waals surface area contributed by atoms with Crippen molar-refractivity contribution in [2.75, 3.05) is 37.7 Å². The molecule has 27 heavy (non-hydrogen) atoms. The molecule has 1 aromatic rings. The van der Waals surface area contributed by atoms with Gasteiger partial charge in [-0.3, -0.25) is 14.5 Å². The lowest BCUT2D eigenvalue weighted by Gasteiger charge is -2.26. The highest BCUT2D eigenvalue weighted by Gasteiger charge is 2.34. The SMILES string of the molecule is CC(=O)NCC1COC(=O)N1c1ccc(C2=CCN(C(=O)CO)CC2)cc1. The molecule has 2 heterocycles. The topological polar surface area (TPSA) is 99.2 Å². The highest BCUT2D eigenvalue weighted by atomic mass is 16.6. The number of aliphatic hydroxyl groups is 1. The number of carbonyl (C=O) groups is 3. The van der Waals surface area contributed by atoms with Gasteiger partial charge >= 0.3 is 6.09 Å². The van der Waals surface area contributed by atoms with Crippen molar-refractivity contribution in [2.45, 2.75) is 19.4 Å². The van der Waals surface area contributed by atoms with Crippen molar-refractivity contribution in [3.05, 3.63) is 35.9 Å². The Labute approximate surface area is 157 Å². The third kappa shape index (κ3) is 4.28. The van der Waals surface area contributed by atoms with E-state index in [1.165, 1.54) is 6.92 Å². The van der Waals surface area contributed by atoms with Crippen LogP contribution in [-0.4, -0.2) is 66.8 Å². The van der Waals surface area contributed by atoms with E-state index < -0.39 is 12.7 Å². The minimum Gasteiger partial charge on any atom is -0.447 e. The summed E-state index contributed by atoms with van der Waals surface area (Å²) in [6.45, 7) is 2.59. The zero-order valence-corrected chi connectivity index (χ0v) is 15.2. The predicted molar refractivity (Wildman–Crippen MR) is 99.0 cm³/mol. The molecule has 0 bridgehead atoms. The average molecular weight is 373 g/mol. The van der Waals surface area contributed by atoms with Gasteiger partial charge in [-0.25, -0.2) is 4.79 Å². The van der Waals surface area contributed by atoms with E-state index >= 15 is 0 Å². The lowest BCUT2D eigenvalue weighted by Crippen LogP contribution is -2.42. The summed E-state index contributed by atoms with van der Waals surface area (Å²) in [5.41, 5.74) is 2.87. The summed E-state index contributed by atoms with van der Waals surface area (Å²) in [5.74, 6) is -0.416. The van der Waals surface area contributed by atoms with Crippen LogP contribution < -0.4 is 10.2 Å². The number of amides is 3. The number of carbonyl (C=O) groups excluding carboxylic acids is 3. The lowest BCUT2D eigenvalue weighted by atomic mass is 9.99. The van der Waals surface area contributed by atoms with Crippen molar-refractivity contribution >= 4 is 29.2 Å². The van der Waals surface area contributed by atoms with Gasteiger partial charge in [0.05, 0.1) is 6.04 Å². The van der Waals surface area contributed by atoms with E-state index in [9.17, 15) is 14.4 Å². The summed E-state index contributed by atoms with van der Waals surface area (Å²) in [7, 11) is 0. The second-order valence-electron chi connectivity index (χ2n) is 6.56. The number of nitrogens with zero attached hydrogens (tertiary/aromatic N) is 2. The number of cyclic esters (lactones) is 1. The van der Waals surface area contributed by atoms with Gasteiger partial charge in [-0.05, 0) is 29.7 Å². The molecule has 1 fully saturated rings. The van der Waals surface area contributed by atoms with Crippen molar-refractivity contribution in [1.29, 1.82) is 0 Å². The summed E-state index contributed by atoms with van der Waals surface area (Å²) >= 11 is 0. The summed E-state index contributed by atoms with van der Waals surface area (Å²) < 4.78 is 5.12. The number of anilines is 1. The molecule has 1 saturated heterocycles. The Morgan fingerprint density at radius 2 is 2.04 bits per heavy atom. The molecular formula is C19H23N3O5. The van der Waals surface area contributed by atoms with Crippen LogP contribution in [0.15, 0.2) is 30.3 Å². The van der Waals surface area contributed by atoms with Crippen LogP contribution in [0.2, 0.25) is 0 Å². The van der Waals surface area contributed by atoms with Crippen molar-refractivity contribution in [2.24, 2.45) is 0 Å². The van der Waals surface area contributed by atoms with Crippen molar-refractivity contribution in [1.82, 2.24) is 10.2 Å². The predicted octanol–water partition coefficient (Wildman–Crippen LogP) is 0.756. The third-order valence-electron chi connectivity index (χ3n) is 4.76. The van der Waals surface area contributed by atoms with E-state index in [-0.39, 0.29) is 24.5 Å². The lowest BCUT2D eigenvalue weighted by molar-refractivity contribution is -0.133. The van der Waals surface area contributed by atoms with Crippen LogP contribution in [-0.2, 0) is 14.3 Å². The zero-order valence-electron chi connectivity index (χ0n) is 15.2. The molecule has 0 aliphatic carbocycles. The third-order valence-corrected chi connectivity index (χ3v) is 4.76. The molecule has 1 atom stereocenters. The van der Waals surface area contributed by atoms with Gasteiger partial charge in [-0.15, -0.1) is 0 Å². The smallest absolute Gasteiger partial charge is 0.414 e. The fourth-order valence-corrected chi connectivity index (χ4v) is 3.28. The van der Waals surface area contributed by atoms with Crippen LogP contribution in [0.3, 0.4) is 0 Å². The normalized spacial score (nSPS) is 19.6. The Morgan fingerprint density at radius 1 is 1.30 bits per heavy atom. The van der Waals surface area contributed by atoms with Crippen molar-refractivity contribution in [3.63, 3.8) is 0 Å². The number of benzene rings is 1. The largest absolute Gasteiger partial charge is 0.447 e. The molecule has 2 aliphatic heterocycles. The summed E-state index contributed by atoms with van der Waals surface area (Å²) in [6.07, 6.45) is 2.27. The molecule has 2 N–H and O–H groups in total. The first-order chi connectivity index (χ1) is 13.0. The molecule has 3 amide bonds. The van der Waals surface area contributed by atoms with E-state index in [1.54, 1.807) is 9.80 Å². The van der Waals surface area contributed by atoms with E-state index in [1.807, 2.05) is 30.3 Å². The minimum absolute atomic E-state index is 0.150. The van der Waals surface area contributed by atoms with E-state index in [0.29, 0.717) is 31.7 Å². The number of nitrogens with one attached hydrogen (secondary N) is 1. The Kier molecular flexibility index (Phi) is 5.75. The highest BCUT2D eigenvalue weighted by molar-refractivity contribution is 5.91. The van der Waals surface area contributed by atoms with Crippen LogP contribution in [0.4, 0.5) is 10.5 Å². The average Bonchev–Trinajstić information content (AvgIpc) is 3.06. The van der Waals surface area contributed by atoms with Crippen LogP contribution >= 0.6 is 0 Å². The Morgan fingerprint density at radius 3 is 2.63 bits per heavy atom. The minimum atomic E-state index is -0.469. The van der Waals surface area contributed by atoms with Crippen LogP contribution in [0.5, 0.6) is 0 Å². The molecular weight excluding hydrogens is 350 g/mol. The van der Waals surface area contributed by atoms with Gasteiger partial charge in [-0.1, -0.05) is 18.2 Å². The second-order valence-corrected chi connectivity index (χ2v) is 6.56. The first-order valence-electron chi connectivity index (χ1n) is 8.88. The summed E-state index contributed by atoms with van der Waals surface area (Å²) in [4.78, 5) is 37.9. The number of hydrogen-bond donors (Lipinski definition) is 2. The molecule has 1 aromatic carbocycles. The number of aliphatic hydroxyl groups excluding tert-OH is 1. The Hall–Kier alpha value is -2.87.